The van der Waals surface area contributed by atoms with Gasteiger partial charge in [-0.1, -0.05) is 36.4 Å². The van der Waals surface area contributed by atoms with Crippen LogP contribution in [-0.4, -0.2) is 38.8 Å². The topological polar surface area (TPSA) is 54.9 Å². The Labute approximate surface area is 195 Å². The highest BCUT2D eigenvalue weighted by atomic mass is 127. The van der Waals surface area contributed by atoms with Crippen molar-refractivity contribution in [3.05, 3.63) is 66.0 Å². The van der Waals surface area contributed by atoms with Crippen LogP contribution in [0.4, 0.5) is 4.39 Å². The molecular formula is C23H31FIN3O2. The van der Waals surface area contributed by atoms with Gasteiger partial charge in [0.25, 0.3) is 0 Å². The number of guanidine groups is 1. The number of hydrogen-bond donors (Lipinski definition) is 2. The van der Waals surface area contributed by atoms with Gasteiger partial charge in [0.2, 0.25) is 0 Å². The number of nitrogens with one attached hydrogen (secondary N) is 2. The van der Waals surface area contributed by atoms with E-state index in [-0.39, 0.29) is 42.0 Å². The molecule has 1 fully saturated rings. The zero-order valence-electron chi connectivity index (χ0n) is 17.5. The number of ether oxygens (including phenoxy) is 2. The number of benzene rings is 2. The van der Waals surface area contributed by atoms with Gasteiger partial charge in [-0.05, 0) is 37.5 Å². The minimum Gasteiger partial charge on any atom is -0.489 e. The van der Waals surface area contributed by atoms with E-state index in [1.54, 1.807) is 19.2 Å². The van der Waals surface area contributed by atoms with Crippen LogP contribution >= 0.6 is 24.0 Å². The van der Waals surface area contributed by atoms with Crippen LogP contribution in [0.3, 0.4) is 0 Å². The number of hydrogen-bond acceptors (Lipinski definition) is 3. The van der Waals surface area contributed by atoms with Crippen molar-refractivity contribution < 1.29 is 13.9 Å². The van der Waals surface area contributed by atoms with Crippen LogP contribution in [0.15, 0.2) is 59.6 Å². The van der Waals surface area contributed by atoms with Gasteiger partial charge in [-0.3, -0.25) is 4.99 Å². The molecule has 0 saturated carbocycles. The third-order valence-electron chi connectivity index (χ3n) is 5.02. The van der Waals surface area contributed by atoms with Crippen molar-refractivity contribution in [1.82, 2.24) is 10.6 Å². The molecule has 0 radical (unpaired) electrons. The predicted molar refractivity (Wildman–Crippen MR) is 129 cm³/mol. The largest absolute Gasteiger partial charge is 0.489 e. The molecule has 1 heterocycles. The highest BCUT2D eigenvalue weighted by molar-refractivity contribution is 14.0. The lowest BCUT2D eigenvalue weighted by Gasteiger charge is -2.32. The molecule has 1 aliphatic heterocycles. The summed E-state index contributed by atoms with van der Waals surface area (Å²) in [5.41, 5.74) is 1.22. The van der Waals surface area contributed by atoms with Crippen molar-refractivity contribution in [3.8, 4) is 5.75 Å². The van der Waals surface area contributed by atoms with Crippen molar-refractivity contribution in [1.29, 1.82) is 0 Å². The van der Waals surface area contributed by atoms with Crippen LogP contribution in [0.5, 0.6) is 5.75 Å². The zero-order chi connectivity index (χ0) is 20.5. The van der Waals surface area contributed by atoms with Crippen molar-refractivity contribution in [2.75, 3.05) is 26.7 Å². The van der Waals surface area contributed by atoms with E-state index in [2.05, 4.69) is 39.9 Å². The second-order valence-electron chi connectivity index (χ2n) is 7.32. The summed E-state index contributed by atoms with van der Waals surface area (Å²) in [6.45, 7) is 4.07. The fraction of sp³-hybridized carbons (Fsp3) is 0.435. The molecule has 0 spiro atoms. The zero-order valence-corrected chi connectivity index (χ0v) is 19.8. The second-order valence-corrected chi connectivity index (χ2v) is 7.32. The molecule has 164 valence electrons. The Bertz CT molecular complexity index is 791. The number of rotatable bonds is 7. The summed E-state index contributed by atoms with van der Waals surface area (Å²) in [5.74, 6) is 1.32. The summed E-state index contributed by atoms with van der Waals surface area (Å²) < 4.78 is 25.1. The van der Waals surface area contributed by atoms with E-state index < -0.39 is 0 Å². The average molecular weight is 527 g/mol. The van der Waals surface area contributed by atoms with E-state index in [0.29, 0.717) is 18.2 Å². The molecule has 7 heteroatoms. The molecule has 2 N–H and O–H groups in total. The Hall–Kier alpha value is -1.87. The lowest BCUT2D eigenvalue weighted by molar-refractivity contribution is -0.0265. The summed E-state index contributed by atoms with van der Waals surface area (Å²) in [6.07, 6.45) is 2.15. The number of nitrogens with zero attached hydrogens (tertiary/aromatic N) is 1. The molecule has 3 atom stereocenters. The third kappa shape index (κ3) is 7.43. The first kappa shape index (κ1) is 24.4. The standard InChI is InChI=1S/C23H30FN3O2.HI/c1-17(29-21-12-6-11-20(24)14-21)15-26-23(25-2)27-16-19-10-7-13-28-22(19)18-8-4-3-5-9-18;/h3-6,8-9,11-12,14,17,19,22H,7,10,13,15-16H2,1-2H3,(H2,25,26,27);1H. The molecular weight excluding hydrogens is 496 g/mol. The van der Waals surface area contributed by atoms with Crippen LogP contribution in [0.1, 0.15) is 31.4 Å². The Balaban J connectivity index is 0.00000320. The van der Waals surface area contributed by atoms with Gasteiger partial charge < -0.3 is 20.1 Å². The maximum Gasteiger partial charge on any atom is 0.191 e. The predicted octanol–water partition coefficient (Wildman–Crippen LogP) is 4.54. The molecule has 3 unspecified atom stereocenters. The van der Waals surface area contributed by atoms with E-state index in [4.69, 9.17) is 9.47 Å². The Kier molecular flexibility index (Phi) is 10.4. The molecule has 0 aliphatic carbocycles. The lowest BCUT2D eigenvalue weighted by atomic mass is 9.89. The molecule has 0 aromatic heterocycles. The normalized spacial score (nSPS) is 20.0. The van der Waals surface area contributed by atoms with E-state index in [0.717, 1.165) is 32.0 Å². The van der Waals surface area contributed by atoms with E-state index in [1.165, 1.54) is 17.7 Å². The van der Waals surface area contributed by atoms with E-state index in [9.17, 15) is 4.39 Å². The van der Waals surface area contributed by atoms with E-state index in [1.807, 2.05) is 13.0 Å². The summed E-state index contributed by atoms with van der Waals surface area (Å²) in [4.78, 5) is 4.30. The molecule has 2 aromatic rings. The minimum absolute atomic E-state index is 0. The maximum atomic E-state index is 13.3. The van der Waals surface area contributed by atoms with Crippen LogP contribution in [0.2, 0.25) is 0 Å². The summed E-state index contributed by atoms with van der Waals surface area (Å²) in [5, 5.41) is 6.69. The fourth-order valence-corrected chi connectivity index (χ4v) is 3.57. The summed E-state index contributed by atoms with van der Waals surface area (Å²) >= 11 is 0. The molecule has 5 nitrogen and oxygen atoms in total. The van der Waals surface area contributed by atoms with Crippen LogP contribution in [0, 0.1) is 11.7 Å². The van der Waals surface area contributed by atoms with Gasteiger partial charge in [-0.25, -0.2) is 4.39 Å². The first-order chi connectivity index (χ1) is 14.2. The SMILES string of the molecule is CN=C(NCC(C)Oc1cccc(F)c1)NCC1CCCOC1c1ccccc1.I. The number of aliphatic imine (C=N–C) groups is 1. The number of halogens is 2. The molecule has 0 amide bonds. The molecule has 30 heavy (non-hydrogen) atoms. The van der Waals surface area contributed by atoms with Crippen LogP contribution < -0.4 is 15.4 Å². The van der Waals surface area contributed by atoms with Gasteiger partial charge in [0.05, 0.1) is 12.6 Å². The molecule has 0 bridgehead atoms. The third-order valence-corrected chi connectivity index (χ3v) is 5.02. The fourth-order valence-electron chi connectivity index (χ4n) is 3.57. The monoisotopic (exact) mass is 527 g/mol. The van der Waals surface area contributed by atoms with Gasteiger partial charge in [0, 0.05) is 32.2 Å². The highest BCUT2D eigenvalue weighted by Crippen LogP contribution is 2.33. The van der Waals surface area contributed by atoms with Crippen LogP contribution in [-0.2, 0) is 4.74 Å². The molecule has 3 rings (SSSR count). The Morgan fingerprint density at radius 1 is 1.20 bits per heavy atom. The summed E-state index contributed by atoms with van der Waals surface area (Å²) in [7, 11) is 1.75. The average Bonchev–Trinajstić information content (AvgIpc) is 2.75. The molecule has 1 aliphatic rings. The molecule has 2 aromatic carbocycles. The van der Waals surface area contributed by atoms with Gasteiger partial charge in [-0.15, -0.1) is 24.0 Å². The van der Waals surface area contributed by atoms with Crippen LogP contribution in [0.25, 0.3) is 0 Å². The Morgan fingerprint density at radius 3 is 2.73 bits per heavy atom. The van der Waals surface area contributed by atoms with Gasteiger partial charge in [0.15, 0.2) is 5.96 Å². The van der Waals surface area contributed by atoms with Crippen molar-refractivity contribution in [3.63, 3.8) is 0 Å². The molecule has 1 saturated heterocycles. The smallest absolute Gasteiger partial charge is 0.191 e. The Morgan fingerprint density at radius 2 is 2.00 bits per heavy atom. The quantitative estimate of drug-likeness (QED) is 0.316. The van der Waals surface area contributed by atoms with Crippen molar-refractivity contribution >= 4 is 29.9 Å². The van der Waals surface area contributed by atoms with E-state index >= 15 is 0 Å². The first-order valence-electron chi connectivity index (χ1n) is 10.2. The minimum atomic E-state index is -0.303. The maximum absolute atomic E-state index is 13.3. The summed E-state index contributed by atoms with van der Waals surface area (Å²) in [6, 6.07) is 16.6. The highest BCUT2D eigenvalue weighted by Gasteiger charge is 2.27. The lowest BCUT2D eigenvalue weighted by Crippen LogP contribution is -2.44. The first-order valence-corrected chi connectivity index (χ1v) is 10.2. The van der Waals surface area contributed by atoms with Crippen molar-refractivity contribution in [2.45, 2.75) is 32.0 Å². The van der Waals surface area contributed by atoms with Crippen molar-refractivity contribution in [2.24, 2.45) is 10.9 Å². The van der Waals surface area contributed by atoms with Gasteiger partial charge >= 0.3 is 0 Å². The second kappa shape index (κ2) is 12.7. The van der Waals surface area contributed by atoms with Gasteiger partial charge in [-0.2, -0.15) is 0 Å². The van der Waals surface area contributed by atoms with Gasteiger partial charge in [0.1, 0.15) is 17.7 Å².